The lowest BCUT2D eigenvalue weighted by Gasteiger charge is -2.15. The van der Waals surface area contributed by atoms with Crippen LogP contribution in [0.2, 0.25) is 0 Å². The summed E-state index contributed by atoms with van der Waals surface area (Å²) in [6.45, 7) is 3.90. The molecule has 6 nitrogen and oxygen atoms in total. The number of imidazole rings is 1. The molecule has 0 atom stereocenters. The zero-order valence-electron chi connectivity index (χ0n) is 16.6. The lowest BCUT2D eigenvalue weighted by Crippen LogP contribution is -2.23. The summed E-state index contributed by atoms with van der Waals surface area (Å²) in [5.41, 5.74) is 3.88. The standard InChI is InChI=1S/C23H25N3O3/c1-17-24-20-6-2-3-7-21(20)25(17)14-5-15-29-23(28)16-18-9-11-19(12-10-18)26-13-4-8-22(26)27/h2-3,6-7,9-12H,4-5,8,13-16H2,1H3. The van der Waals surface area contributed by atoms with Gasteiger partial charge in [0.15, 0.2) is 0 Å². The first-order valence-electron chi connectivity index (χ1n) is 10.1. The van der Waals surface area contributed by atoms with Crippen LogP contribution < -0.4 is 4.90 Å². The van der Waals surface area contributed by atoms with Gasteiger partial charge in [-0.1, -0.05) is 24.3 Å². The second-order valence-corrected chi connectivity index (χ2v) is 7.37. The Labute approximate surface area is 170 Å². The predicted octanol–water partition coefficient (Wildman–Crippen LogP) is 3.65. The van der Waals surface area contributed by atoms with Crippen LogP contribution in [0.15, 0.2) is 48.5 Å². The second-order valence-electron chi connectivity index (χ2n) is 7.37. The van der Waals surface area contributed by atoms with Gasteiger partial charge in [0.25, 0.3) is 0 Å². The Morgan fingerprint density at radius 2 is 1.93 bits per heavy atom. The smallest absolute Gasteiger partial charge is 0.310 e. The molecule has 1 aliphatic rings. The van der Waals surface area contributed by atoms with E-state index in [0.717, 1.165) is 54.0 Å². The fraction of sp³-hybridized carbons (Fsp3) is 0.348. The number of amides is 1. The van der Waals surface area contributed by atoms with Gasteiger partial charge < -0.3 is 14.2 Å². The van der Waals surface area contributed by atoms with Gasteiger partial charge in [-0.05, 0) is 49.6 Å². The van der Waals surface area contributed by atoms with Crippen LogP contribution in [0.1, 0.15) is 30.7 Å². The van der Waals surface area contributed by atoms with Crippen LogP contribution in [-0.4, -0.2) is 34.6 Å². The van der Waals surface area contributed by atoms with Crippen molar-refractivity contribution in [3.8, 4) is 0 Å². The van der Waals surface area contributed by atoms with Gasteiger partial charge in [-0.2, -0.15) is 0 Å². The molecule has 150 valence electrons. The minimum absolute atomic E-state index is 0.165. The van der Waals surface area contributed by atoms with Gasteiger partial charge in [-0.15, -0.1) is 0 Å². The van der Waals surface area contributed by atoms with Gasteiger partial charge in [0.05, 0.1) is 24.1 Å². The van der Waals surface area contributed by atoms with Crippen molar-refractivity contribution in [2.75, 3.05) is 18.1 Å². The Balaban J connectivity index is 1.25. The van der Waals surface area contributed by atoms with E-state index in [2.05, 4.69) is 15.6 Å². The van der Waals surface area contributed by atoms with E-state index < -0.39 is 0 Å². The Morgan fingerprint density at radius 3 is 2.69 bits per heavy atom. The molecule has 0 N–H and O–H groups in total. The lowest BCUT2D eigenvalue weighted by atomic mass is 10.1. The SMILES string of the molecule is Cc1nc2ccccc2n1CCCOC(=O)Cc1ccc(N2CCCC2=O)cc1. The number of aryl methyl sites for hydroxylation is 2. The zero-order chi connectivity index (χ0) is 20.2. The van der Waals surface area contributed by atoms with Crippen LogP contribution in [0.5, 0.6) is 0 Å². The summed E-state index contributed by atoms with van der Waals surface area (Å²) >= 11 is 0. The predicted molar refractivity (Wildman–Crippen MR) is 112 cm³/mol. The molecule has 4 rings (SSSR count). The molecule has 0 aliphatic carbocycles. The quantitative estimate of drug-likeness (QED) is 0.456. The van der Waals surface area contributed by atoms with E-state index in [9.17, 15) is 9.59 Å². The first-order chi connectivity index (χ1) is 14.1. The Morgan fingerprint density at radius 1 is 1.14 bits per heavy atom. The number of hydrogen-bond acceptors (Lipinski definition) is 4. The number of nitrogens with zero attached hydrogens (tertiary/aromatic N) is 3. The van der Waals surface area contributed by atoms with Gasteiger partial charge >= 0.3 is 5.97 Å². The van der Waals surface area contributed by atoms with E-state index >= 15 is 0 Å². The van der Waals surface area contributed by atoms with E-state index in [0.29, 0.717) is 13.0 Å². The normalized spacial score (nSPS) is 14.0. The molecule has 0 saturated carbocycles. The lowest BCUT2D eigenvalue weighted by molar-refractivity contribution is -0.143. The van der Waals surface area contributed by atoms with Crippen molar-refractivity contribution in [1.29, 1.82) is 0 Å². The number of esters is 1. The Hall–Kier alpha value is -3.15. The summed E-state index contributed by atoms with van der Waals surface area (Å²) < 4.78 is 7.56. The van der Waals surface area contributed by atoms with Gasteiger partial charge in [0.1, 0.15) is 5.82 Å². The number of aromatic nitrogens is 2. The number of rotatable bonds is 7. The fourth-order valence-electron chi connectivity index (χ4n) is 3.82. The van der Waals surface area contributed by atoms with E-state index in [4.69, 9.17) is 4.74 Å². The first-order valence-corrected chi connectivity index (χ1v) is 10.1. The summed E-state index contributed by atoms with van der Waals surface area (Å²) in [5, 5.41) is 0. The summed E-state index contributed by atoms with van der Waals surface area (Å²) in [7, 11) is 0. The molecule has 0 unspecified atom stereocenters. The van der Waals surface area contributed by atoms with Crippen LogP contribution in [0.25, 0.3) is 11.0 Å². The number of carbonyl (C=O) groups excluding carboxylic acids is 2. The topological polar surface area (TPSA) is 64.4 Å². The van der Waals surface area contributed by atoms with Gasteiger partial charge in [0, 0.05) is 25.2 Å². The summed E-state index contributed by atoms with van der Waals surface area (Å²) in [6, 6.07) is 15.6. The van der Waals surface area contributed by atoms with Crippen LogP contribution in [0.4, 0.5) is 5.69 Å². The van der Waals surface area contributed by atoms with Crippen LogP contribution in [0.3, 0.4) is 0 Å². The molecule has 0 bridgehead atoms. The van der Waals surface area contributed by atoms with Crippen LogP contribution >= 0.6 is 0 Å². The Bertz CT molecular complexity index is 1020. The third-order valence-corrected chi connectivity index (χ3v) is 5.30. The molecule has 2 heterocycles. The number of benzene rings is 2. The highest BCUT2D eigenvalue weighted by Crippen LogP contribution is 2.22. The summed E-state index contributed by atoms with van der Waals surface area (Å²) in [5.74, 6) is 0.898. The largest absolute Gasteiger partial charge is 0.465 e. The monoisotopic (exact) mass is 391 g/mol. The molecular formula is C23H25N3O3. The van der Waals surface area contributed by atoms with Crippen molar-refractivity contribution in [3.05, 3.63) is 59.9 Å². The molecular weight excluding hydrogens is 366 g/mol. The molecule has 1 fully saturated rings. The van der Waals surface area contributed by atoms with Crippen molar-refractivity contribution in [2.24, 2.45) is 0 Å². The third-order valence-electron chi connectivity index (χ3n) is 5.30. The first kappa shape index (κ1) is 19.2. The van der Waals surface area contributed by atoms with Crippen molar-refractivity contribution < 1.29 is 14.3 Å². The zero-order valence-corrected chi connectivity index (χ0v) is 16.6. The highest BCUT2D eigenvalue weighted by molar-refractivity contribution is 5.95. The molecule has 3 aromatic rings. The molecule has 0 radical (unpaired) electrons. The minimum atomic E-state index is -0.234. The average Bonchev–Trinajstić information content (AvgIpc) is 3.28. The molecule has 1 aliphatic heterocycles. The molecule has 1 saturated heterocycles. The van der Waals surface area contributed by atoms with Gasteiger partial charge in [-0.3, -0.25) is 9.59 Å². The summed E-state index contributed by atoms with van der Waals surface area (Å²) in [6.07, 6.45) is 2.49. The molecule has 29 heavy (non-hydrogen) atoms. The maximum atomic E-state index is 12.1. The van der Waals surface area contributed by atoms with Gasteiger partial charge in [0.2, 0.25) is 5.91 Å². The van der Waals surface area contributed by atoms with Crippen molar-refractivity contribution >= 4 is 28.6 Å². The average molecular weight is 391 g/mol. The van der Waals surface area contributed by atoms with Crippen LogP contribution in [0, 0.1) is 6.92 Å². The molecule has 6 heteroatoms. The van der Waals surface area contributed by atoms with E-state index in [1.165, 1.54) is 0 Å². The third kappa shape index (κ3) is 4.31. The highest BCUT2D eigenvalue weighted by Gasteiger charge is 2.21. The minimum Gasteiger partial charge on any atom is -0.465 e. The van der Waals surface area contributed by atoms with Crippen molar-refractivity contribution in [3.63, 3.8) is 0 Å². The van der Waals surface area contributed by atoms with Crippen molar-refractivity contribution in [2.45, 2.75) is 39.2 Å². The maximum Gasteiger partial charge on any atom is 0.310 e. The molecule has 1 aromatic heterocycles. The number of carbonyl (C=O) groups is 2. The number of fused-ring (bicyclic) bond motifs is 1. The Kier molecular flexibility index (Phi) is 5.60. The van der Waals surface area contributed by atoms with E-state index in [1.807, 2.05) is 49.4 Å². The molecule has 1 amide bonds. The second kappa shape index (κ2) is 8.47. The van der Waals surface area contributed by atoms with Crippen molar-refractivity contribution in [1.82, 2.24) is 9.55 Å². The number of ether oxygens (including phenoxy) is 1. The number of para-hydroxylation sites is 2. The van der Waals surface area contributed by atoms with Gasteiger partial charge in [-0.25, -0.2) is 4.98 Å². The fourth-order valence-corrected chi connectivity index (χ4v) is 3.82. The van der Waals surface area contributed by atoms with E-state index in [1.54, 1.807) is 4.90 Å². The number of anilines is 1. The van der Waals surface area contributed by atoms with E-state index in [-0.39, 0.29) is 18.3 Å². The molecule has 2 aromatic carbocycles. The summed E-state index contributed by atoms with van der Waals surface area (Å²) in [4.78, 5) is 30.3. The molecule has 0 spiro atoms. The highest BCUT2D eigenvalue weighted by atomic mass is 16.5. The van der Waals surface area contributed by atoms with Crippen LogP contribution in [-0.2, 0) is 27.3 Å². The number of hydrogen-bond donors (Lipinski definition) is 0. The maximum absolute atomic E-state index is 12.1.